The minimum Gasteiger partial charge on any atom is -0.508 e. The molecule has 1 aliphatic rings. The Morgan fingerprint density at radius 1 is 1.07 bits per heavy atom. The summed E-state index contributed by atoms with van der Waals surface area (Å²) in [5, 5.41) is 16.1. The largest absolute Gasteiger partial charge is 0.508 e. The van der Waals surface area contributed by atoms with E-state index in [1.54, 1.807) is 47.9 Å². The molecular weight excluding hydrogens is 508 g/mol. The van der Waals surface area contributed by atoms with Crippen LogP contribution in [0.15, 0.2) is 84.2 Å². The van der Waals surface area contributed by atoms with Crippen molar-refractivity contribution in [2.45, 2.75) is 12.5 Å². The average Bonchev–Trinajstić information content (AvgIpc) is 2.97. The maximum atomic E-state index is 13.6. The standard InChI is InChI=1S/C30H28N6O4/c1-39-26-15-18(13-21-16-33-30(32)35-29(21)31)14-24(28(26)40-2)25(38)11-12-36-27(19-7-9-22(37)10-8-19)23-6-4-3-5-20(23)17-34-36/h3-12,14-17,27,37H,13H2,1-2H3,(H4,31,32,33,35). The molecule has 0 amide bonds. The third-order valence-electron chi connectivity index (χ3n) is 6.59. The van der Waals surface area contributed by atoms with Gasteiger partial charge in [0, 0.05) is 36.0 Å². The number of aromatic nitrogens is 2. The van der Waals surface area contributed by atoms with E-state index in [2.05, 4.69) is 15.1 Å². The molecule has 0 bridgehead atoms. The molecule has 0 radical (unpaired) electrons. The van der Waals surface area contributed by atoms with Crippen LogP contribution in [-0.2, 0) is 6.42 Å². The molecule has 5 rings (SSSR count). The van der Waals surface area contributed by atoms with E-state index in [1.165, 1.54) is 20.3 Å². The number of benzene rings is 3. The van der Waals surface area contributed by atoms with Crippen molar-refractivity contribution >= 4 is 23.8 Å². The quantitative estimate of drug-likeness (QED) is 0.224. The van der Waals surface area contributed by atoms with Gasteiger partial charge < -0.3 is 26.0 Å². The fourth-order valence-corrected chi connectivity index (χ4v) is 4.66. The molecule has 1 atom stereocenters. The smallest absolute Gasteiger partial charge is 0.221 e. The van der Waals surface area contributed by atoms with Gasteiger partial charge in [0.1, 0.15) is 17.6 Å². The third-order valence-corrected chi connectivity index (χ3v) is 6.59. The molecule has 0 aliphatic carbocycles. The first-order chi connectivity index (χ1) is 19.4. The number of hydrogen-bond donors (Lipinski definition) is 3. The minimum atomic E-state index is -0.308. The van der Waals surface area contributed by atoms with Gasteiger partial charge in [-0.2, -0.15) is 10.1 Å². The van der Waals surface area contributed by atoms with Crippen molar-refractivity contribution in [3.63, 3.8) is 0 Å². The molecule has 0 fully saturated rings. The van der Waals surface area contributed by atoms with E-state index in [0.717, 1.165) is 22.3 Å². The van der Waals surface area contributed by atoms with E-state index in [9.17, 15) is 9.90 Å². The Bertz CT molecular complexity index is 1620. The van der Waals surface area contributed by atoms with E-state index in [4.69, 9.17) is 20.9 Å². The average molecular weight is 537 g/mol. The van der Waals surface area contributed by atoms with Crippen molar-refractivity contribution in [3.8, 4) is 17.2 Å². The van der Waals surface area contributed by atoms with Crippen LogP contribution in [0.1, 0.15) is 44.2 Å². The molecule has 10 nitrogen and oxygen atoms in total. The van der Waals surface area contributed by atoms with Crippen LogP contribution in [0.3, 0.4) is 0 Å². The molecule has 202 valence electrons. The number of nitrogens with zero attached hydrogens (tertiary/aromatic N) is 4. The highest BCUT2D eigenvalue weighted by Gasteiger charge is 2.26. The zero-order chi connectivity index (χ0) is 28.2. The van der Waals surface area contributed by atoms with Gasteiger partial charge >= 0.3 is 0 Å². The Balaban J connectivity index is 1.49. The lowest BCUT2D eigenvalue weighted by molar-refractivity contribution is 0.104. The number of phenols is 1. The number of hydrazone groups is 1. The van der Waals surface area contributed by atoms with E-state index in [-0.39, 0.29) is 29.3 Å². The van der Waals surface area contributed by atoms with Gasteiger partial charge in [-0.25, -0.2) is 4.98 Å². The molecule has 40 heavy (non-hydrogen) atoms. The van der Waals surface area contributed by atoms with Crippen molar-refractivity contribution in [2.24, 2.45) is 5.10 Å². The number of carbonyl (C=O) groups excluding carboxylic acids is 1. The maximum Gasteiger partial charge on any atom is 0.221 e. The van der Waals surface area contributed by atoms with Crippen molar-refractivity contribution in [1.82, 2.24) is 15.0 Å². The fraction of sp³-hybridized carbons (Fsp3) is 0.133. The summed E-state index contributed by atoms with van der Waals surface area (Å²) in [5.41, 5.74) is 16.3. The van der Waals surface area contributed by atoms with Crippen LogP contribution in [0.5, 0.6) is 17.2 Å². The summed E-state index contributed by atoms with van der Waals surface area (Å²) >= 11 is 0. The van der Waals surface area contributed by atoms with Crippen LogP contribution in [0.2, 0.25) is 0 Å². The topological polar surface area (TPSA) is 149 Å². The highest BCUT2D eigenvalue weighted by molar-refractivity contribution is 6.07. The van der Waals surface area contributed by atoms with Crippen molar-refractivity contribution in [3.05, 3.63) is 113 Å². The fourth-order valence-electron chi connectivity index (χ4n) is 4.66. The molecule has 2 heterocycles. The Morgan fingerprint density at radius 2 is 1.85 bits per heavy atom. The molecule has 3 aromatic carbocycles. The van der Waals surface area contributed by atoms with E-state index < -0.39 is 0 Å². The predicted octanol–water partition coefficient (Wildman–Crippen LogP) is 4.09. The van der Waals surface area contributed by atoms with Gasteiger partial charge in [-0.15, -0.1) is 0 Å². The summed E-state index contributed by atoms with van der Waals surface area (Å²) in [6.07, 6.45) is 6.75. The van der Waals surface area contributed by atoms with Crippen molar-refractivity contribution in [1.29, 1.82) is 0 Å². The number of fused-ring (bicyclic) bond motifs is 1. The summed E-state index contributed by atoms with van der Waals surface area (Å²) in [7, 11) is 2.99. The second kappa shape index (κ2) is 11.2. The molecule has 1 aliphatic heterocycles. The summed E-state index contributed by atoms with van der Waals surface area (Å²) in [4.78, 5) is 21.6. The number of anilines is 2. The van der Waals surface area contributed by atoms with Crippen LogP contribution < -0.4 is 20.9 Å². The number of nitrogen functional groups attached to an aromatic ring is 2. The number of nitrogens with two attached hydrogens (primary N) is 2. The van der Waals surface area contributed by atoms with Crippen LogP contribution in [-0.4, -0.2) is 46.3 Å². The number of aromatic hydroxyl groups is 1. The maximum absolute atomic E-state index is 13.6. The number of ketones is 1. The number of allylic oxidation sites excluding steroid dienone is 1. The molecule has 5 N–H and O–H groups in total. The van der Waals surface area contributed by atoms with Gasteiger partial charge in [0.05, 0.1) is 26.0 Å². The summed E-state index contributed by atoms with van der Waals surface area (Å²) in [5.74, 6) is 0.921. The normalized spacial score (nSPS) is 14.2. The number of methoxy groups -OCH3 is 2. The van der Waals surface area contributed by atoms with E-state index in [0.29, 0.717) is 29.0 Å². The van der Waals surface area contributed by atoms with Gasteiger partial charge in [-0.1, -0.05) is 36.4 Å². The Kier molecular flexibility index (Phi) is 7.32. The number of ether oxygens (including phenoxy) is 2. The second-order valence-corrected chi connectivity index (χ2v) is 9.12. The van der Waals surface area contributed by atoms with Gasteiger partial charge in [0.15, 0.2) is 17.3 Å². The molecule has 4 aromatic rings. The zero-order valence-electron chi connectivity index (χ0n) is 22.0. The van der Waals surface area contributed by atoms with Crippen LogP contribution >= 0.6 is 0 Å². The van der Waals surface area contributed by atoms with Crippen LogP contribution in [0.4, 0.5) is 11.8 Å². The first-order valence-electron chi connectivity index (χ1n) is 12.4. The predicted molar refractivity (Wildman–Crippen MR) is 153 cm³/mol. The monoisotopic (exact) mass is 536 g/mol. The van der Waals surface area contributed by atoms with Crippen LogP contribution in [0, 0.1) is 0 Å². The minimum absolute atomic E-state index is 0.0863. The molecule has 0 spiro atoms. The summed E-state index contributed by atoms with van der Waals surface area (Å²) in [6, 6.07) is 18.1. The van der Waals surface area contributed by atoms with Crippen molar-refractivity contribution in [2.75, 3.05) is 25.7 Å². The first-order valence-corrected chi connectivity index (χ1v) is 12.4. The Hall–Kier alpha value is -5.38. The van der Waals surface area contributed by atoms with E-state index in [1.807, 2.05) is 36.4 Å². The Morgan fingerprint density at radius 3 is 2.58 bits per heavy atom. The summed E-state index contributed by atoms with van der Waals surface area (Å²) in [6.45, 7) is 0. The Labute approximate surface area is 231 Å². The zero-order valence-corrected chi connectivity index (χ0v) is 22.0. The molecule has 1 unspecified atom stereocenters. The summed E-state index contributed by atoms with van der Waals surface area (Å²) < 4.78 is 11.1. The van der Waals surface area contributed by atoms with Gasteiger partial charge in [0.25, 0.3) is 0 Å². The molecule has 0 saturated carbocycles. The second-order valence-electron chi connectivity index (χ2n) is 9.12. The third kappa shape index (κ3) is 5.28. The van der Waals surface area contributed by atoms with Crippen molar-refractivity contribution < 1.29 is 19.4 Å². The number of phenolic OH excluding ortho intramolecular Hbond substituents is 1. The highest BCUT2D eigenvalue weighted by Crippen LogP contribution is 2.36. The highest BCUT2D eigenvalue weighted by atomic mass is 16.5. The first kappa shape index (κ1) is 26.2. The van der Waals surface area contributed by atoms with Gasteiger partial charge in [0.2, 0.25) is 5.95 Å². The van der Waals surface area contributed by atoms with Gasteiger partial charge in [-0.3, -0.25) is 9.80 Å². The molecule has 1 aromatic heterocycles. The molecule has 10 heteroatoms. The van der Waals surface area contributed by atoms with E-state index >= 15 is 0 Å². The lowest BCUT2D eigenvalue weighted by Gasteiger charge is -2.31. The lowest BCUT2D eigenvalue weighted by atomic mass is 9.93. The number of rotatable bonds is 8. The molecule has 0 saturated heterocycles. The number of hydrogen-bond acceptors (Lipinski definition) is 10. The number of carbonyl (C=O) groups is 1. The SMILES string of the molecule is COc1cc(Cc2cnc(N)nc2N)cc(C(=O)C=CN2N=Cc3ccccc3C2c2ccc(O)cc2)c1OC. The lowest BCUT2D eigenvalue weighted by Crippen LogP contribution is -2.25. The molecular formula is C30H28N6O4. The van der Waals surface area contributed by atoms with Crippen LogP contribution in [0.25, 0.3) is 0 Å². The van der Waals surface area contributed by atoms with Gasteiger partial charge in [-0.05, 0) is 41.0 Å².